The van der Waals surface area contributed by atoms with E-state index in [4.69, 9.17) is 10.5 Å². The number of carbonyl (C=O) groups excluding carboxylic acids is 1. The summed E-state index contributed by atoms with van der Waals surface area (Å²) >= 11 is 0. The zero-order valence-corrected chi connectivity index (χ0v) is 16.6. The number of nitrogens with one attached hydrogen (secondary N) is 1. The first-order chi connectivity index (χ1) is 13.4. The van der Waals surface area contributed by atoms with Crippen molar-refractivity contribution >= 4 is 22.9 Å². The standard InChI is InChI=1S/C19H26N6O3/c1-5-7-24-13-9-12(17(20)26)10-15(28-4)16(13)21-19(24)22-18(27)14-8-11(3)23-25(14)6-2/h8-10,17,26H,5-7,20H2,1-4H3,(H,21,22,27). The summed E-state index contributed by atoms with van der Waals surface area (Å²) in [5.74, 6) is 0.607. The van der Waals surface area contributed by atoms with E-state index in [1.165, 1.54) is 7.11 Å². The Kier molecular flexibility index (Phi) is 5.66. The molecule has 9 heteroatoms. The number of aliphatic hydroxyl groups is 1. The van der Waals surface area contributed by atoms with Crippen molar-refractivity contribution in [3.63, 3.8) is 0 Å². The average Bonchev–Trinajstić information content (AvgIpc) is 3.21. The molecule has 1 atom stereocenters. The molecule has 0 bridgehead atoms. The summed E-state index contributed by atoms with van der Waals surface area (Å²) in [5.41, 5.74) is 8.73. The molecule has 1 amide bonds. The number of amides is 1. The van der Waals surface area contributed by atoms with Crippen molar-refractivity contribution in [2.75, 3.05) is 12.4 Å². The van der Waals surface area contributed by atoms with Gasteiger partial charge in [-0.05, 0) is 38.5 Å². The lowest BCUT2D eigenvalue weighted by atomic mass is 10.1. The topological polar surface area (TPSA) is 120 Å². The van der Waals surface area contributed by atoms with Gasteiger partial charge in [-0.15, -0.1) is 0 Å². The Morgan fingerprint density at radius 3 is 2.71 bits per heavy atom. The summed E-state index contributed by atoms with van der Waals surface area (Å²) in [6, 6.07) is 5.16. The Labute approximate surface area is 163 Å². The molecule has 2 aromatic heterocycles. The molecule has 28 heavy (non-hydrogen) atoms. The lowest BCUT2D eigenvalue weighted by Gasteiger charge is -2.11. The molecule has 0 saturated heterocycles. The van der Waals surface area contributed by atoms with Gasteiger partial charge >= 0.3 is 0 Å². The van der Waals surface area contributed by atoms with E-state index in [-0.39, 0.29) is 5.91 Å². The number of rotatable bonds is 7. The third kappa shape index (κ3) is 3.58. The van der Waals surface area contributed by atoms with Gasteiger partial charge in [-0.2, -0.15) is 5.10 Å². The molecular weight excluding hydrogens is 360 g/mol. The smallest absolute Gasteiger partial charge is 0.276 e. The molecule has 4 N–H and O–H groups in total. The second kappa shape index (κ2) is 7.99. The minimum Gasteiger partial charge on any atom is -0.494 e. The second-order valence-corrected chi connectivity index (χ2v) is 6.56. The van der Waals surface area contributed by atoms with Crippen molar-refractivity contribution in [3.8, 4) is 5.75 Å². The molecule has 0 fully saturated rings. The van der Waals surface area contributed by atoms with Crippen molar-refractivity contribution in [2.24, 2.45) is 5.73 Å². The second-order valence-electron chi connectivity index (χ2n) is 6.56. The molecule has 150 valence electrons. The Morgan fingerprint density at radius 2 is 2.11 bits per heavy atom. The highest BCUT2D eigenvalue weighted by Crippen LogP contribution is 2.31. The zero-order chi connectivity index (χ0) is 20.4. The molecule has 0 saturated carbocycles. The molecule has 0 aliphatic rings. The van der Waals surface area contributed by atoms with Crippen LogP contribution in [-0.2, 0) is 13.1 Å². The van der Waals surface area contributed by atoms with Crippen LogP contribution in [0.2, 0.25) is 0 Å². The number of aliphatic hydroxyl groups excluding tert-OH is 1. The largest absolute Gasteiger partial charge is 0.494 e. The third-order valence-corrected chi connectivity index (χ3v) is 4.51. The Balaban J connectivity index is 2.09. The first-order valence-corrected chi connectivity index (χ1v) is 9.27. The van der Waals surface area contributed by atoms with Crippen LogP contribution in [0.15, 0.2) is 18.2 Å². The maximum absolute atomic E-state index is 12.9. The van der Waals surface area contributed by atoms with Gasteiger partial charge in [-0.3, -0.25) is 14.8 Å². The van der Waals surface area contributed by atoms with Crippen molar-refractivity contribution in [3.05, 3.63) is 35.2 Å². The number of nitrogens with two attached hydrogens (primary N) is 1. The van der Waals surface area contributed by atoms with Gasteiger partial charge in [0.15, 0.2) is 0 Å². The highest BCUT2D eigenvalue weighted by atomic mass is 16.5. The quantitative estimate of drug-likeness (QED) is 0.535. The Hall–Kier alpha value is -2.91. The van der Waals surface area contributed by atoms with Gasteiger partial charge in [0, 0.05) is 18.7 Å². The number of hydrogen-bond donors (Lipinski definition) is 3. The van der Waals surface area contributed by atoms with Crippen LogP contribution < -0.4 is 15.8 Å². The van der Waals surface area contributed by atoms with E-state index in [2.05, 4.69) is 15.4 Å². The maximum Gasteiger partial charge on any atom is 0.276 e. The van der Waals surface area contributed by atoms with Crippen LogP contribution in [-0.4, -0.2) is 37.5 Å². The van der Waals surface area contributed by atoms with E-state index >= 15 is 0 Å². The van der Waals surface area contributed by atoms with Crippen LogP contribution in [0, 0.1) is 6.92 Å². The van der Waals surface area contributed by atoms with Crippen LogP contribution in [0.1, 0.15) is 48.2 Å². The number of aryl methyl sites for hydroxylation is 3. The van der Waals surface area contributed by atoms with E-state index in [0.717, 1.165) is 17.6 Å². The molecule has 9 nitrogen and oxygen atoms in total. The summed E-state index contributed by atoms with van der Waals surface area (Å²) in [6.45, 7) is 7.03. The van der Waals surface area contributed by atoms with E-state index < -0.39 is 6.23 Å². The summed E-state index contributed by atoms with van der Waals surface area (Å²) in [5, 5.41) is 17.0. The van der Waals surface area contributed by atoms with Crippen molar-refractivity contribution < 1.29 is 14.6 Å². The number of carbonyl (C=O) groups is 1. The average molecular weight is 386 g/mol. The molecule has 2 heterocycles. The van der Waals surface area contributed by atoms with Gasteiger partial charge in [0.2, 0.25) is 5.95 Å². The lowest BCUT2D eigenvalue weighted by Crippen LogP contribution is -2.20. The summed E-state index contributed by atoms with van der Waals surface area (Å²) in [7, 11) is 1.53. The minimum atomic E-state index is -1.14. The molecule has 3 rings (SSSR count). The van der Waals surface area contributed by atoms with Crippen LogP contribution in [0.25, 0.3) is 11.0 Å². The molecular formula is C19H26N6O3. The van der Waals surface area contributed by atoms with Gasteiger partial charge in [0.05, 0.1) is 18.3 Å². The van der Waals surface area contributed by atoms with Crippen LogP contribution in [0.5, 0.6) is 5.75 Å². The highest BCUT2D eigenvalue weighted by molar-refractivity contribution is 6.03. The number of aromatic nitrogens is 4. The van der Waals surface area contributed by atoms with Crippen molar-refractivity contribution in [1.29, 1.82) is 0 Å². The summed E-state index contributed by atoms with van der Waals surface area (Å²) < 4.78 is 8.97. The number of fused-ring (bicyclic) bond motifs is 1. The maximum atomic E-state index is 12.9. The number of imidazole rings is 1. The summed E-state index contributed by atoms with van der Waals surface area (Å²) in [4.78, 5) is 17.4. The van der Waals surface area contributed by atoms with E-state index in [0.29, 0.717) is 41.6 Å². The molecule has 1 unspecified atom stereocenters. The SMILES string of the molecule is CCCn1c(NC(=O)c2cc(C)nn2CC)nc2c(OC)cc(C(N)O)cc21. The van der Waals surface area contributed by atoms with Crippen molar-refractivity contribution in [1.82, 2.24) is 19.3 Å². The van der Waals surface area contributed by atoms with Gasteiger partial charge in [0.25, 0.3) is 5.91 Å². The Bertz CT molecular complexity index is 1000. The number of benzene rings is 1. The molecule has 0 aliphatic carbocycles. The fourth-order valence-corrected chi connectivity index (χ4v) is 3.22. The summed E-state index contributed by atoms with van der Waals surface area (Å²) in [6.07, 6.45) is -0.305. The van der Waals surface area contributed by atoms with Gasteiger partial charge in [-0.1, -0.05) is 6.92 Å². The van der Waals surface area contributed by atoms with Crippen molar-refractivity contribution in [2.45, 2.75) is 46.5 Å². The minimum absolute atomic E-state index is 0.284. The monoisotopic (exact) mass is 386 g/mol. The molecule has 3 aromatic rings. The number of ether oxygens (including phenoxy) is 1. The van der Waals surface area contributed by atoms with Crippen LogP contribution >= 0.6 is 0 Å². The molecule has 0 aliphatic heterocycles. The Morgan fingerprint density at radius 1 is 1.36 bits per heavy atom. The fourth-order valence-electron chi connectivity index (χ4n) is 3.22. The van der Waals surface area contributed by atoms with Crippen LogP contribution in [0.3, 0.4) is 0 Å². The molecule has 0 radical (unpaired) electrons. The van der Waals surface area contributed by atoms with E-state index in [1.807, 2.05) is 25.3 Å². The highest BCUT2D eigenvalue weighted by Gasteiger charge is 2.20. The first kappa shape index (κ1) is 19.8. The fraction of sp³-hybridized carbons (Fsp3) is 0.421. The number of hydrogen-bond acceptors (Lipinski definition) is 6. The predicted molar refractivity (Wildman–Crippen MR) is 106 cm³/mol. The number of methoxy groups -OCH3 is 1. The number of nitrogens with zero attached hydrogens (tertiary/aromatic N) is 4. The van der Waals surface area contributed by atoms with E-state index in [1.54, 1.807) is 22.9 Å². The molecule has 0 spiro atoms. The third-order valence-electron chi connectivity index (χ3n) is 4.51. The van der Waals surface area contributed by atoms with Gasteiger partial charge in [0.1, 0.15) is 23.2 Å². The normalized spacial score (nSPS) is 12.4. The molecule has 1 aromatic carbocycles. The van der Waals surface area contributed by atoms with E-state index in [9.17, 15) is 9.90 Å². The van der Waals surface area contributed by atoms with Gasteiger partial charge < -0.3 is 20.1 Å². The predicted octanol–water partition coefficient (Wildman–Crippen LogP) is 2.18. The lowest BCUT2D eigenvalue weighted by molar-refractivity contribution is 0.101. The zero-order valence-electron chi connectivity index (χ0n) is 16.6. The first-order valence-electron chi connectivity index (χ1n) is 9.27. The van der Waals surface area contributed by atoms with Gasteiger partial charge in [-0.25, -0.2) is 4.98 Å². The number of anilines is 1. The van der Waals surface area contributed by atoms with Crippen LogP contribution in [0.4, 0.5) is 5.95 Å².